The Labute approximate surface area is 127 Å². The maximum Gasteiger partial charge on any atom is 0.335 e. The molecule has 7 nitrogen and oxygen atoms in total. The molecule has 1 fully saturated rings. The van der Waals surface area contributed by atoms with Gasteiger partial charge in [0, 0.05) is 32.3 Å². The van der Waals surface area contributed by atoms with Gasteiger partial charge in [0.15, 0.2) is 0 Å². The predicted molar refractivity (Wildman–Crippen MR) is 78.6 cm³/mol. The van der Waals surface area contributed by atoms with Crippen LogP contribution in [0.1, 0.15) is 16.8 Å². The van der Waals surface area contributed by atoms with Crippen LogP contribution >= 0.6 is 0 Å². The summed E-state index contributed by atoms with van der Waals surface area (Å²) in [5.41, 5.74) is 0.509. The Morgan fingerprint density at radius 1 is 1.45 bits per heavy atom. The summed E-state index contributed by atoms with van der Waals surface area (Å²) in [4.78, 5) is 36.5. The van der Waals surface area contributed by atoms with E-state index in [2.05, 4.69) is 5.32 Å². The van der Waals surface area contributed by atoms with Crippen LogP contribution in [0.3, 0.4) is 0 Å². The van der Waals surface area contributed by atoms with Crippen molar-refractivity contribution in [3.63, 3.8) is 0 Å². The summed E-state index contributed by atoms with van der Waals surface area (Å²) in [5, 5.41) is 11.6. The van der Waals surface area contributed by atoms with E-state index in [1.807, 2.05) is 0 Å². The van der Waals surface area contributed by atoms with Crippen molar-refractivity contribution in [2.75, 3.05) is 32.1 Å². The molecule has 2 N–H and O–H groups in total. The van der Waals surface area contributed by atoms with Crippen LogP contribution in [-0.4, -0.2) is 54.6 Å². The fraction of sp³-hybridized carbons (Fsp3) is 0.400. The topological polar surface area (TPSA) is 95.9 Å². The molecular weight excluding hydrogens is 288 g/mol. The number of hydrogen-bond donors (Lipinski definition) is 2. The van der Waals surface area contributed by atoms with Crippen LogP contribution in [0, 0.1) is 5.92 Å². The maximum atomic E-state index is 12.2. The monoisotopic (exact) mass is 306 g/mol. The molecule has 1 aromatic carbocycles. The van der Waals surface area contributed by atoms with Crippen molar-refractivity contribution >= 4 is 23.5 Å². The molecule has 7 heteroatoms. The Balaban J connectivity index is 1.97. The van der Waals surface area contributed by atoms with Crippen molar-refractivity contribution < 1.29 is 24.2 Å². The average Bonchev–Trinajstić information content (AvgIpc) is 2.86. The molecule has 0 spiro atoms. The van der Waals surface area contributed by atoms with Crippen LogP contribution < -0.4 is 5.32 Å². The van der Waals surface area contributed by atoms with E-state index in [1.165, 1.54) is 12.1 Å². The first-order valence-electron chi connectivity index (χ1n) is 6.92. The molecule has 0 aromatic heterocycles. The molecule has 1 aliphatic heterocycles. The number of methoxy groups -OCH3 is 1. The summed E-state index contributed by atoms with van der Waals surface area (Å²) in [5.74, 6) is -1.84. The number of hydrogen-bond acceptors (Lipinski definition) is 4. The summed E-state index contributed by atoms with van der Waals surface area (Å²) in [6.45, 7) is 1.25. The highest BCUT2D eigenvalue weighted by molar-refractivity contribution is 5.98. The first kappa shape index (κ1) is 16.0. The second-order valence-corrected chi connectivity index (χ2v) is 5.11. The van der Waals surface area contributed by atoms with E-state index >= 15 is 0 Å². The molecule has 118 valence electrons. The Kier molecular flexibility index (Phi) is 5.11. The first-order valence-corrected chi connectivity index (χ1v) is 6.92. The number of likely N-dealkylation sites (tertiary alicyclic amines) is 1. The van der Waals surface area contributed by atoms with Gasteiger partial charge in [-0.2, -0.15) is 0 Å². The number of anilines is 1. The number of rotatable bonds is 6. The number of nitrogens with zero attached hydrogens (tertiary/aromatic N) is 1. The molecule has 1 heterocycles. The zero-order valence-electron chi connectivity index (χ0n) is 12.2. The third-order valence-corrected chi connectivity index (χ3v) is 3.53. The van der Waals surface area contributed by atoms with Gasteiger partial charge in [-0.05, 0) is 18.2 Å². The molecule has 1 saturated heterocycles. The molecule has 1 atom stereocenters. The summed E-state index contributed by atoms with van der Waals surface area (Å²) in [6, 6.07) is 6.01. The van der Waals surface area contributed by atoms with Gasteiger partial charge in [0.1, 0.15) is 0 Å². The zero-order chi connectivity index (χ0) is 16.1. The second-order valence-electron chi connectivity index (χ2n) is 5.11. The molecule has 0 radical (unpaired) electrons. The number of carboxylic acid groups (broad SMARTS) is 1. The van der Waals surface area contributed by atoms with Gasteiger partial charge in [0.25, 0.3) is 0 Å². The first-order chi connectivity index (χ1) is 10.5. The van der Waals surface area contributed by atoms with E-state index in [0.717, 1.165) is 0 Å². The van der Waals surface area contributed by atoms with Gasteiger partial charge in [-0.3, -0.25) is 9.59 Å². The molecule has 2 rings (SSSR count). The standard InChI is InChI=1S/C15H18N2O5/c1-22-6-5-17-9-11(8-13(17)18)14(19)16-12-4-2-3-10(7-12)15(20)21/h2-4,7,11H,5-6,8-9H2,1H3,(H,16,19)(H,20,21). The van der Waals surface area contributed by atoms with E-state index in [1.54, 1.807) is 24.1 Å². The van der Waals surface area contributed by atoms with Crippen LogP contribution in [0.2, 0.25) is 0 Å². The van der Waals surface area contributed by atoms with Gasteiger partial charge in [0.2, 0.25) is 11.8 Å². The molecule has 1 unspecified atom stereocenters. The third kappa shape index (κ3) is 3.82. The van der Waals surface area contributed by atoms with Crippen molar-refractivity contribution in [3.05, 3.63) is 29.8 Å². The number of nitrogens with one attached hydrogen (secondary N) is 1. The molecule has 1 aromatic rings. The molecule has 0 aliphatic carbocycles. The number of aromatic carboxylic acids is 1. The predicted octanol–water partition coefficient (Wildman–Crippen LogP) is 0.818. The Morgan fingerprint density at radius 3 is 2.91 bits per heavy atom. The SMILES string of the molecule is COCCN1CC(C(=O)Nc2cccc(C(=O)O)c2)CC1=O. The zero-order valence-corrected chi connectivity index (χ0v) is 12.2. The minimum Gasteiger partial charge on any atom is -0.478 e. The normalized spacial score (nSPS) is 17.6. The fourth-order valence-corrected chi connectivity index (χ4v) is 2.34. The Bertz CT molecular complexity index is 587. The summed E-state index contributed by atoms with van der Waals surface area (Å²) in [7, 11) is 1.56. The Morgan fingerprint density at radius 2 is 2.23 bits per heavy atom. The summed E-state index contributed by atoms with van der Waals surface area (Å²) in [6.07, 6.45) is 0.161. The molecular formula is C15H18N2O5. The van der Waals surface area contributed by atoms with Crippen molar-refractivity contribution in [1.82, 2.24) is 4.90 Å². The van der Waals surface area contributed by atoms with Gasteiger partial charge in [-0.1, -0.05) is 6.07 Å². The molecule has 2 amide bonds. The van der Waals surface area contributed by atoms with E-state index in [9.17, 15) is 14.4 Å². The number of amides is 2. The third-order valence-electron chi connectivity index (χ3n) is 3.53. The van der Waals surface area contributed by atoms with Gasteiger partial charge >= 0.3 is 5.97 Å². The number of carbonyl (C=O) groups excluding carboxylic acids is 2. The minimum absolute atomic E-state index is 0.0727. The van der Waals surface area contributed by atoms with Crippen LogP contribution in [0.15, 0.2) is 24.3 Å². The molecule has 1 aliphatic rings. The van der Waals surface area contributed by atoms with Crippen LogP contribution in [-0.2, 0) is 14.3 Å². The van der Waals surface area contributed by atoms with E-state index < -0.39 is 11.9 Å². The van der Waals surface area contributed by atoms with Crippen molar-refractivity contribution in [2.45, 2.75) is 6.42 Å². The maximum absolute atomic E-state index is 12.2. The van der Waals surface area contributed by atoms with Crippen LogP contribution in [0.4, 0.5) is 5.69 Å². The molecule has 0 bridgehead atoms. The van der Waals surface area contributed by atoms with Gasteiger partial charge in [0.05, 0.1) is 18.1 Å². The highest BCUT2D eigenvalue weighted by Crippen LogP contribution is 2.20. The average molecular weight is 306 g/mol. The summed E-state index contributed by atoms with van der Waals surface area (Å²) < 4.78 is 4.93. The largest absolute Gasteiger partial charge is 0.478 e. The summed E-state index contributed by atoms with van der Waals surface area (Å²) >= 11 is 0. The second kappa shape index (κ2) is 7.04. The number of benzene rings is 1. The minimum atomic E-state index is -1.06. The van der Waals surface area contributed by atoms with Crippen molar-refractivity contribution in [1.29, 1.82) is 0 Å². The highest BCUT2D eigenvalue weighted by Gasteiger charge is 2.34. The molecule has 0 saturated carbocycles. The van der Waals surface area contributed by atoms with Crippen LogP contribution in [0.25, 0.3) is 0 Å². The lowest BCUT2D eigenvalue weighted by Gasteiger charge is -2.15. The van der Waals surface area contributed by atoms with E-state index in [-0.39, 0.29) is 23.8 Å². The Hall–Kier alpha value is -2.41. The highest BCUT2D eigenvalue weighted by atomic mass is 16.5. The number of carbonyl (C=O) groups is 3. The van der Waals surface area contributed by atoms with Crippen molar-refractivity contribution in [2.24, 2.45) is 5.92 Å². The van der Waals surface area contributed by atoms with Crippen molar-refractivity contribution in [3.8, 4) is 0 Å². The lowest BCUT2D eigenvalue weighted by atomic mass is 10.1. The van der Waals surface area contributed by atoms with Gasteiger partial charge < -0.3 is 20.1 Å². The van der Waals surface area contributed by atoms with Gasteiger partial charge in [-0.15, -0.1) is 0 Å². The van der Waals surface area contributed by atoms with Crippen LogP contribution in [0.5, 0.6) is 0 Å². The quantitative estimate of drug-likeness (QED) is 0.811. The number of ether oxygens (including phenoxy) is 1. The lowest BCUT2D eigenvalue weighted by molar-refractivity contribution is -0.128. The lowest BCUT2D eigenvalue weighted by Crippen LogP contribution is -2.30. The smallest absolute Gasteiger partial charge is 0.335 e. The fourth-order valence-electron chi connectivity index (χ4n) is 2.34. The molecule has 22 heavy (non-hydrogen) atoms. The van der Waals surface area contributed by atoms with E-state index in [0.29, 0.717) is 25.4 Å². The van der Waals surface area contributed by atoms with Gasteiger partial charge in [-0.25, -0.2) is 4.79 Å². The van der Waals surface area contributed by atoms with E-state index in [4.69, 9.17) is 9.84 Å². The number of carboxylic acids is 1.